The monoisotopic (exact) mass is 518 g/mol. The third kappa shape index (κ3) is 5.45. The van der Waals surface area contributed by atoms with Gasteiger partial charge in [0.2, 0.25) is 10.0 Å². The van der Waals surface area contributed by atoms with Gasteiger partial charge >= 0.3 is 0 Å². The van der Waals surface area contributed by atoms with E-state index in [2.05, 4.69) is 5.32 Å². The number of aliphatic hydroxyl groups is 1. The number of hydrogen-bond acceptors (Lipinski definition) is 4. The molecule has 6 nitrogen and oxygen atoms in total. The summed E-state index contributed by atoms with van der Waals surface area (Å²) in [4.78, 5) is 12.5. The zero-order valence-corrected chi connectivity index (χ0v) is 20.1. The number of piperidine rings is 1. The van der Waals surface area contributed by atoms with Crippen LogP contribution < -0.4 is 5.32 Å². The topological polar surface area (TPSA) is 86.7 Å². The first-order valence-corrected chi connectivity index (χ1v) is 12.8. The lowest BCUT2D eigenvalue weighted by molar-refractivity contribution is 0.0684. The Morgan fingerprint density at radius 3 is 2.19 bits per heavy atom. The standard InChI is InChI=1S/C26H25F3N2O4S/c27-22-14-20(15-23(28)24(22)29)30-25(33)19-7-4-8-21(13-19)36(34,35)31-11-9-26(17-32,10-12-31)16-18-5-2-1-3-6-18/h1-8,13-15,32H,9-12,16-17H2,(H,30,33). The molecule has 0 aromatic heterocycles. The van der Waals surface area contributed by atoms with Crippen molar-refractivity contribution in [2.75, 3.05) is 25.0 Å². The maximum Gasteiger partial charge on any atom is 0.255 e. The van der Waals surface area contributed by atoms with Gasteiger partial charge in [0.25, 0.3) is 5.91 Å². The normalized spacial score (nSPS) is 16.0. The van der Waals surface area contributed by atoms with E-state index in [1.165, 1.54) is 28.6 Å². The number of rotatable bonds is 7. The zero-order valence-electron chi connectivity index (χ0n) is 19.3. The van der Waals surface area contributed by atoms with E-state index in [9.17, 15) is 31.5 Å². The second-order valence-corrected chi connectivity index (χ2v) is 10.9. The molecule has 1 aliphatic heterocycles. The zero-order chi connectivity index (χ0) is 25.9. The summed E-state index contributed by atoms with van der Waals surface area (Å²) >= 11 is 0. The van der Waals surface area contributed by atoms with E-state index in [0.29, 0.717) is 31.4 Å². The first-order chi connectivity index (χ1) is 17.1. The van der Waals surface area contributed by atoms with Crippen LogP contribution in [0.1, 0.15) is 28.8 Å². The fourth-order valence-electron chi connectivity index (χ4n) is 4.40. The summed E-state index contributed by atoms with van der Waals surface area (Å²) in [5, 5.41) is 12.3. The van der Waals surface area contributed by atoms with Crippen molar-refractivity contribution in [2.45, 2.75) is 24.2 Å². The van der Waals surface area contributed by atoms with Crippen LogP contribution in [0.4, 0.5) is 18.9 Å². The van der Waals surface area contributed by atoms with Gasteiger partial charge in [-0.25, -0.2) is 21.6 Å². The van der Waals surface area contributed by atoms with Gasteiger partial charge in [-0.15, -0.1) is 0 Å². The van der Waals surface area contributed by atoms with Crippen LogP contribution in [0.2, 0.25) is 0 Å². The number of sulfonamides is 1. The van der Waals surface area contributed by atoms with E-state index in [4.69, 9.17) is 0 Å². The fraction of sp³-hybridized carbons (Fsp3) is 0.269. The fourth-order valence-corrected chi connectivity index (χ4v) is 5.89. The van der Waals surface area contributed by atoms with Gasteiger partial charge < -0.3 is 10.4 Å². The van der Waals surface area contributed by atoms with Crippen LogP contribution in [-0.4, -0.2) is 43.4 Å². The third-order valence-electron chi connectivity index (χ3n) is 6.52. The molecule has 10 heteroatoms. The summed E-state index contributed by atoms with van der Waals surface area (Å²) in [6, 6.07) is 16.3. The Hall–Kier alpha value is -3.21. The Balaban J connectivity index is 1.48. The summed E-state index contributed by atoms with van der Waals surface area (Å²) < 4.78 is 68.0. The third-order valence-corrected chi connectivity index (χ3v) is 8.41. The van der Waals surface area contributed by atoms with Gasteiger partial charge in [-0.3, -0.25) is 4.79 Å². The number of anilines is 1. The van der Waals surface area contributed by atoms with Crippen LogP contribution in [0, 0.1) is 22.9 Å². The number of nitrogens with one attached hydrogen (secondary N) is 1. The molecule has 1 saturated heterocycles. The van der Waals surface area contributed by atoms with Crippen molar-refractivity contribution < 1.29 is 31.5 Å². The predicted molar refractivity (Wildman–Crippen MR) is 128 cm³/mol. The molecule has 2 N–H and O–H groups in total. The highest BCUT2D eigenvalue weighted by Crippen LogP contribution is 2.36. The minimum atomic E-state index is -3.94. The average Bonchev–Trinajstić information content (AvgIpc) is 2.88. The van der Waals surface area contributed by atoms with Crippen LogP contribution >= 0.6 is 0 Å². The Morgan fingerprint density at radius 2 is 1.58 bits per heavy atom. The molecule has 3 aromatic carbocycles. The van der Waals surface area contributed by atoms with Gasteiger partial charge in [0.1, 0.15) is 0 Å². The van der Waals surface area contributed by atoms with Crippen molar-refractivity contribution >= 4 is 21.6 Å². The van der Waals surface area contributed by atoms with Crippen molar-refractivity contribution in [3.63, 3.8) is 0 Å². The second-order valence-electron chi connectivity index (χ2n) is 8.96. The number of aliphatic hydroxyl groups excluding tert-OH is 1. The molecule has 0 spiro atoms. The minimum Gasteiger partial charge on any atom is -0.396 e. The number of hydrogen-bond donors (Lipinski definition) is 2. The number of carbonyl (C=O) groups excluding carboxylic acids is 1. The predicted octanol–water partition coefficient (Wildman–Crippen LogP) is 4.36. The van der Waals surface area contributed by atoms with Crippen LogP contribution in [-0.2, 0) is 16.4 Å². The van der Waals surface area contributed by atoms with Crippen LogP contribution in [0.3, 0.4) is 0 Å². The molecule has 190 valence electrons. The van der Waals surface area contributed by atoms with Gasteiger partial charge in [-0.2, -0.15) is 4.31 Å². The summed E-state index contributed by atoms with van der Waals surface area (Å²) in [6.45, 7) is 0.358. The molecule has 1 aliphatic rings. The highest BCUT2D eigenvalue weighted by Gasteiger charge is 2.38. The Kier molecular flexibility index (Phi) is 7.49. The Morgan fingerprint density at radius 1 is 0.944 bits per heavy atom. The summed E-state index contributed by atoms with van der Waals surface area (Å²) in [6.07, 6.45) is 1.58. The lowest BCUT2D eigenvalue weighted by atomic mass is 9.75. The van der Waals surface area contributed by atoms with E-state index in [0.717, 1.165) is 5.56 Å². The van der Waals surface area contributed by atoms with E-state index < -0.39 is 38.8 Å². The molecule has 1 fully saturated rings. The molecule has 0 radical (unpaired) electrons. The molecule has 0 bridgehead atoms. The second kappa shape index (κ2) is 10.4. The Labute approximate surface area is 207 Å². The van der Waals surface area contributed by atoms with Gasteiger partial charge in [0.15, 0.2) is 17.5 Å². The summed E-state index contributed by atoms with van der Waals surface area (Å²) in [7, 11) is -3.94. The number of carbonyl (C=O) groups is 1. The lowest BCUT2D eigenvalue weighted by Gasteiger charge is -2.40. The van der Waals surface area contributed by atoms with E-state index >= 15 is 0 Å². The quantitative estimate of drug-likeness (QED) is 0.455. The minimum absolute atomic E-state index is 0.0491. The van der Waals surface area contributed by atoms with Crippen molar-refractivity contribution in [2.24, 2.45) is 5.41 Å². The van der Waals surface area contributed by atoms with Crippen molar-refractivity contribution in [1.82, 2.24) is 4.31 Å². The molecule has 4 rings (SSSR count). The molecule has 0 aliphatic carbocycles. The number of nitrogens with zero attached hydrogens (tertiary/aromatic N) is 1. The molecule has 3 aromatic rings. The van der Waals surface area contributed by atoms with Gasteiger partial charge in [0.05, 0.1) is 4.90 Å². The van der Waals surface area contributed by atoms with Gasteiger partial charge in [-0.05, 0) is 48.4 Å². The first-order valence-electron chi connectivity index (χ1n) is 11.3. The molecular weight excluding hydrogens is 493 g/mol. The van der Waals surface area contributed by atoms with E-state index in [1.807, 2.05) is 30.3 Å². The molecule has 0 atom stereocenters. The van der Waals surface area contributed by atoms with E-state index in [-0.39, 0.29) is 35.8 Å². The Bertz CT molecular complexity index is 1340. The van der Waals surface area contributed by atoms with Crippen molar-refractivity contribution in [1.29, 1.82) is 0 Å². The highest BCUT2D eigenvalue weighted by atomic mass is 32.2. The van der Waals surface area contributed by atoms with Gasteiger partial charge in [0, 0.05) is 43.1 Å². The number of halogens is 3. The first kappa shape index (κ1) is 25.9. The highest BCUT2D eigenvalue weighted by molar-refractivity contribution is 7.89. The molecule has 0 unspecified atom stereocenters. The average molecular weight is 519 g/mol. The molecule has 36 heavy (non-hydrogen) atoms. The van der Waals surface area contributed by atoms with Crippen LogP contribution in [0.5, 0.6) is 0 Å². The molecule has 1 heterocycles. The number of benzene rings is 3. The van der Waals surface area contributed by atoms with Crippen LogP contribution in [0.15, 0.2) is 71.6 Å². The lowest BCUT2D eigenvalue weighted by Crippen LogP contribution is -2.45. The maximum absolute atomic E-state index is 13.5. The molecule has 1 amide bonds. The van der Waals surface area contributed by atoms with Gasteiger partial charge in [-0.1, -0.05) is 36.4 Å². The maximum atomic E-state index is 13.5. The molecular formula is C26H25F3N2O4S. The van der Waals surface area contributed by atoms with Crippen molar-refractivity contribution in [3.05, 3.63) is 95.3 Å². The SMILES string of the molecule is O=C(Nc1cc(F)c(F)c(F)c1)c1cccc(S(=O)(=O)N2CCC(CO)(Cc3ccccc3)CC2)c1. The smallest absolute Gasteiger partial charge is 0.255 e. The largest absolute Gasteiger partial charge is 0.396 e. The molecule has 0 saturated carbocycles. The summed E-state index contributed by atoms with van der Waals surface area (Å²) in [5.74, 6) is -5.38. The van der Waals surface area contributed by atoms with E-state index in [1.54, 1.807) is 0 Å². The van der Waals surface area contributed by atoms with Crippen LogP contribution in [0.25, 0.3) is 0 Å². The van der Waals surface area contributed by atoms with Crippen molar-refractivity contribution in [3.8, 4) is 0 Å². The number of amides is 1. The summed E-state index contributed by atoms with van der Waals surface area (Å²) in [5.41, 5.74) is 0.295.